The highest BCUT2D eigenvalue weighted by Gasteiger charge is 2.25. The van der Waals surface area contributed by atoms with Crippen molar-refractivity contribution in [1.29, 1.82) is 10.5 Å². The minimum Gasteiger partial charge on any atom is -0.493 e. The molecule has 2 amide bonds. The quantitative estimate of drug-likeness (QED) is 0.0364. The lowest BCUT2D eigenvalue weighted by Crippen LogP contribution is -2.39. The number of nitriles is 2. The molecule has 2 aromatic heterocycles. The topological polar surface area (TPSA) is 222 Å². The van der Waals surface area contributed by atoms with Gasteiger partial charge in [-0.25, -0.2) is 0 Å². The fourth-order valence-corrected chi connectivity index (χ4v) is 9.09. The highest BCUT2D eigenvalue weighted by Crippen LogP contribution is 2.35. The normalized spacial score (nSPS) is 12.2. The summed E-state index contributed by atoms with van der Waals surface area (Å²) in [5, 5.41) is 60.0. The SMILES string of the molecule is CCCCC(CC)CN(CC(CC)CCCC)C(=O)c1cccc(/N=N/c2c(C)c(C#N)c(=O)n(CCCCCCn3c(O)c(/N=N/c4ccc(C(=O)N(CCCC)CCCC)cc4)c(C)c(C#N)c3=O)c2O)c1. The molecule has 2 atom stereocenters. The molecule has 0 radical (unpaired) electrons. The summed E-state index contributed by atoms with van der Waals surface area (Å²) in [6.45, 7) is 18.8. The Morgan fingerprint density at radius 2 is 1.01 bits per heavy atom. The molecule has 2 aromatic carbocycles. The fourth-order valence-electron chi connectivity index (χ4n) is 9.09. The molecule has 0 saturated heterocycles. The smallest absolute Gasteiger partial charge is 0.271 e. The van der Waals surface area contributed by atoms with Crippen LogP contribution in [0.15, 0.2) is 78.6 Å². The number of aromatic nitrogens is 2. The van der Waals surface area contributed by atoms with Gasteiger partial charge in [0.15, 0.2) is 11.4 Å². The van der Waals surface area contributed by atoms with Crippen molar-refractivity contribution in [3.05, 3.63) is 103 Å². The number of benzene rings is 2. The zero-order valence-corrected chi connectivity index (χ0v) is 45.3. The standard InChI is InChI=1S/C58H80N10O6/c1-9-15-24-43(13-5)39-66(40-44(14-6)25-16-10-2)54(70)46-26-23-27-48(36-46)62-64-52-42(8)50(38-60)56(72)68(58(52)74)35-22-20-19-21-34-67-55(71)49(37-59)41(7)51(57(67)73)63-61-47-30-28-45(29-31-47)53(69)65(32-17-11-3)33-18-12-4/h23,26-31,36,43-44,73-74H,9-22,24-25,32-35,39-40H2,1-8H3/b63-61+,64-62+. The predicted molar refractivity (Wildman–Crippen MR) is 292 cm³/mol. The van der Waals surface area contributed by atoms with Crippen LogP contribution in [0.5, 0.6) is 11.8 Å². The number of hydrogen-bond donors (Lipinski definition) is 2. The van der Waals surface area contributed by atoms with Crippen LogP contribution >= 0.6 is 0 Å². The molecule has 0 fully saturated rings. The number of carbonyl (C=O) groups is 2. The number of rotatable bonds is 31. The maximum atomic E-state index is 14.2. The molecule has 2 unspecified atom stereocenters. The number of nitrogens with zero attached hydrogens (tertiary/aromatic N) is 10. The van der Waals surface area contributed by atoms with Crippen molar-refractivity contribution in [2.24, 2.45) is 32.3 Å². The molecule has 2 N–H and O–H groups in total. The van der Waals surface area contributed by atoms with Crippen molar-refractivity contribution in [2.45, 2.75) is 171 Å². The van der Waals surface area contributed by atoms with Crippen molar-refractivity contribution in [1.82, 2.24) is 18.9 Å². The Morgan fingerprint density at radius 1 is 0.568 bits per heavy atom. The highest BCUT2D eigenvalue weighted by atomic mass is 16.3. The first-order valence-corrected chi connectivity index (χ1v) is 27.1. The van der Waals surface area contributed by atoms with Gasteiger partial charge in [-0.05, 0) is 107 Å². The van der Waals surface area contributed by atoms with E-state index in [1.165, 1.54) is 13.8 Å². The molecule has 0 spiro atoms. The maximum Gasteiger partial charge on any atom is 0.271 e. The molecular formula is C58H80N10O6. The van der Waals surface area contributed by atoms with E-state index in [4.69, 9.17) is 0 Å². The van der Waals surface area contributed by atoms with E-state index in [1.54, 1.807) is 48.5 Å². The van der Waals surface area contributed by atoms with Crippen LogP contribution in [-0.4, -0.2) is 67.1 Å². The lowest BCUT2D eigenvalue weighted by atomic mass is 9.95. The first-order valence-electron chi connectivity index (χ1n) is 27.1. The summed E-state index contributed by atoms with van der Waals surface area (Å²) < 4.78 is 2.21. The van der Waals surface area contributed by atoms with Crippen molar-refractivity contribution < 1.29 is 19.8 Å². The monoisotopic (exact) mass is 1010 g/mol. The molecule has 0 aliphatic rings. The molecule has 0 aliphatic heterocycles. The second-order valence-corrected chi connectivity index (χ2v) is 19.4. The van der Waals surface area contributed by atoms with Crippen molar-refractivity contribution >= 4 is 34.6 Å². The summed E-state index contributed by atoms with van der Waals surface area (Å²) in [4.78, 5) is 58.2. The first kappa shape index (κ1) is 59.6. The number of azo groups is 2. The Balaban J connectivity index is 1.47. The van der Waals surface area contributed by atoms with E-state index in [-0.39, 0.29) is 58.5 Å². The minimum atomic E-state index is -0.662. The molecule has 4 rings (SSSR count). The number of hydrogen-bond acceptors (Lipinski definition) is 12. The third-order valence-corrected chi connectivity index (χ3v) is 14.0. The van der Waals surface area contributed by atoms with Gasteiger partial charge >= 0.3 is 0 Å². The molecular weight excluding hydrogens is 933 g/mol. The lowest BCUT2D eigenvalue weighted by molar-refractivity contribution is 0.0684. The van der Waals surface area contributed by atoms with E-state index >= 15 is 0 Å². The Kier molecular flexibility index (Phi) is 24.9. The van der Waals surface area contributed by atoms with Gasteiger partial charge in [0.25, 0.3) is 22.9 Å². The molecule has 0 saturated carbocycles. The number of pyridine rings is 2. The summed E-state index contributed by atoms with van der Waals surface area (Å²) in [6, 6.07) is 17.5. The molecule has 16 heteroatoms. The average Bonchev–Trinajstić information content (AvgIpc) is 3.40. The second kappa shape index (κ2) is 30.9. The fraction of sp³-hybridized carbons (Fsp3) is 0.552. The Morgan fingerprint density at radius 3 is 1.45 bits per heavy atom. The van der Waals surface area contributed by atoms with Gasteiger partial charge in [0.1, 0.15) is 23.3 Å². The molecule has 74 heavy (non-hydrogen) atoms. The van der Waals surface area contributed by atoms with Crippen LogP contribution < -0.4 is 11.1 Å². The van der Waals surface area contributed by atoms with Crippen molar-refractivity contribution in [2.75, 3.05) is 26.2 Å². The minimum absolute atomic E-state index is 0.0218. The summed E-state index contributed by atoms with van der Waals surface area (Å²) in [5.74, 6) is -0.186. The zero-order valence-electron chi connectivity index (χ0n) is 45.3. The predicted octanol–water partition coefficient (Wildman–Crippen LogP) is 13.8. The van der Waals surface area contributed by atoms with Crippen LogP contribution in [0.2, 0.25) is 0 Å². The van der Waals surface area contributed by atoms with Crippen LogP contribution in [0.1, 0.15) is 187 Å². The molecule has 0 aliphatic carbocycles. The van der Waals surface area contributed by atoms with Gasteiger partial charge in [-0.15, -0.1) is 10.2 Å². The largest absolute Gasteiger partial charge is 0.493 e. The molecule has 4 aromatic rings. The van der Waals surface area contributed by atoms with E-state index in [9.17, 15) is 39.9 Å². The number of carbonyl (C=O) groups excluding carboxylic acids is 2. The number of unbranched alkanes of at least 4 members (excludes halogenated alkanes) is 7. The van der Waals surface area contributed by atoms with E-state index in [0.717, 1.165) is 86.2 Å². The third kappa shape index (κ3) is 16.3. The van der Waals surface area contributed by atoms with E-state index in [1.807, 2.05) is 21.9 Å². The van der Waals surface area contributed by atoms with Gasteiger partial charge in [0.2, 0.25) is 11.8 Å². The van der Waals surface area contributed by atoms with Crippen molar-refractivity contribution in [3.63, 3.8) is 0 Å². The Labute approximate surface area is 438 Å². The molecule has 0 bridgehead atoms. The summed E-state index contributed by atoms with van der Waals surface area (Å²) in [5.41, 5.74) is 0.459. The van der Waals surface area contributed by atoms with Crippen LogP contribution in [-0.2, 0) is 13.1 Å². The summed E-state index contributed by atoms with van der Waals surface area (Å²) in [7, 11) is 0. The Hall–Kier alpha value is -6.94. The molecule has 398 valence electrons. The van der Waals surface area contributed by atoms with Gasteiger partial charge in [-0.2, -0.15) is 20.8 Å². The highest BCUT2D eigenvalue weighted by molar-refractivity contribution is 5.95. The van der Waals surface area contributed by atoms with Crippen LogP contribution in [0.25, 0.3) is 0 Å². The van der Waals surface area contributed by atoms with Gasteiger partial charge < -0.3 is 20.0 Å². The van der Waals surface area contributed by atoms with Crippen LogP contribution in [0.3, 0.4) is 0 Å². The second-order valence-electron chi connectivity index (χ2n) is 19.4. The van der Waals surface area contributed by atoms with Crippen LogP contribution in [0.4, 0.5) is 22.7 Å². The van der Waals surface area contributed by atoms with Crippen LogP contribution in [0, 0.1) is 48.3 Å². The van der Waals surface area contributed by atoms with Gasteiger partial charge in [0.05, 0.1) is 11.4 Å². The summed E-state index contributed by atoms with van der Waals surface area (Å²) >= 11 is 0. The molecule has 16 nitrogen and oxygen atoms in total. The lowest BCUT2D eigenvalue weighted by Gasteiger charge is -2.31. The molecule has 2 heterocycles. The zero-order chi connectivity index (χ0) is 54.2. The summed E-state index contributed by atoms with van der Waals surface area (Å²) in [6.07, 6.45) is 14.3. The van der Waals surface area contributed by atoms with E-state index < -0.39 is 22.9 Å². The maximum absolute atomic E-state index is 14.2. The Bertz CT molecular complexity index is 2720. The average molecular weight is 1010 g/mol. The van der Waals surface area contributed by atoms with Gasteiger partial charge in [-0.3, -0.25) is 28.3 Å². The van der Waals surface area contributed by atoms with Gasteiger partial charge in [-0.1, -0.05) is 112 Å². The number of amides is 2. The first-order chi connectivity index (χ1) is 35.7. The van der Waals surface area contributed by atoms with E-state index in [0.29, 0.717) is 86.2 Å². The van der Waals surface area contributed by atoms with Crippen molar-refractivity contribution in [3.8, 4) is 23.9 Å². The van der Waals surface area contributed by atoms with Gasteiger partial charge in [0, 0.05) is 61.5 Å². The number of aromatic hydroxyl groups is 2. The van der Waals surface area contributed by atoms with E-state index in [2.05, 4.69) is 62.0 Å². The third-order valence-electron chi connectivity index (χ3n) is 14.0.